The molecule has 0 aliphatic heterocycles. The molecule has 12 heavy (non-hydrogen) atoms. The summed E-state index contributed by atoms with van der Waals surface area (Å²) in [5.41, 5.74) is 0. The lowest BCUT2D eigenvalue weighted by Crippen LogP contribution is -2.28. The highest BCUT2D eigenvalue weighted by Crippen LogP contribution is 2.31. The third-order valence-electron chi connectivity index (χ3n) is 3.11. The summed E-state index contributed by atoms with van der Waals surface area (Å²) in [7, 11) is 0. The van der Waals surface area contributed by atoms with E-state index in [9.17, 15) is 4.79 Å². The molecule has 0 aromatic heterocycles. The zero-order valence-corrected chi connectivity index (χ0v) is 7.46. The number of nitrogens with zero attached hydrogens (tertiary/aromatic N) is 1. The Labute approximate surface area is 73.9 Å². The van der Waals surface area contributed by atoms with Crippen LogP contribution >= 0.6 is 0 Å². The maximum Gasteiger partial charge on any atom is 0.312 e. The fraction of sp³-hybridized carbons (Fsp3) is 0.900. The van der Waals surface area contributed by atoms with E-state index >= 15 is 0 Å². The highest BCUT2D eigenvalue weighted by atomic mass is 16.1. The number of hydrogen-bond acceptors (Lipinski definition) is 1. The normalized spacial score (nSPS) is 23.3. The van der Waals surface area contributed by atoms with Gasteiger partial charge >= 0.3 is 6.41 Å². The van der Waals surface area contributed by atoms with Crippen LogP contribution in [0.3, 0.4) is 0 Å². The number of hydrogen-bond donors (Lipinski definition) is 0. The smallest absolute Gasteiger partial charge is 0.312 e. The van der Waals surface area contributed by atoms with Crippen LogP contribution in [0.4, 0.5) is 0 Å². The zero-order chi connectivity index (χ0) is 8.39. The molecule has 2 fully saturated rings. The van der Waals surface area contributed by atoms with Gasteiger partial charge in [-0.2, -0.15) is 0 Å². The van der Waals surface area contributed by atoms with Crippen LogP contribution in [-0.4, -0.2) is 23.9 Å². The Morgan fingerprint density at radius 2 is 2.00 bits per heavy atom. The van der Waals surface area contributed by atoms with E-state index in [0.29, 0.717) is 6.04 Å². The Bertz CT molecular complexity index is 161. The maximum atomic E-state index is 10.5. The van der Waals surface area contributed by atoms with Gasteiger partial charge in [-0.05, 0) is 25.2 Å². The molecule has 2 heteroatoms. The molecule has 67 valence electrons. The van der Waals surface area contributed by atoms with Gasteiger partial charge in [-0.25, -0.2) is 0 Å². The average molecular weight is 166 g/mol. The van der Waals surface area contributed by atoms with Gasteiger partial charge in [-0.15, -0.1) is 0 Å². The van der Waals surface area contributed by atoms with E-state index in [1.165, 1.54) is 38.5 Å². The second kappa shape index (κ2) is 3.46. The first kappa shape index (κ1) is 8.09. The van der Waals surface area contributed by atoms with Crippen molar-refractivity contribution in [1.82, 2.24) is 4.90 Å². The predicted molar refractivity (Wildman–Crippen MR) is 47.4 cm³/mol. The van der Waals surface area contributed by atoms with Crippen LogP contribution in [0.15, 0.2) is 0 Å². The molecule has 2 saturated carbocycles. The molecule has 2 aliphatic carbocycles. The van der Waals surface area contributed by atoms with Crippen LogP contribution < -0.4 is 0 Å². The van der Waals surface area contributed by atoms with Crippen LogP contribution in [0.25, 0.3) is 0 Å². The predicted octanol–water partition coefficient (Wildman–Crippen LogP) is 1.71. The van der Waals surface area contributed by atoms with E-state index in [-0.39, 0.29) is 0 Å². The highest BCUT2D eigenvalue weighted by molar-refractivity contribution is 5.49. The Hall–Kier alpha value is -0.530. The molecule has 0 bridgehead atoms. The first-order valence-electron chi connectivity index (χ1n) is 5.04. The van der Waals surface area contributed by atoms with Gasteiger partial charge in [-0.1, -0.05) is 19.3 Å². The lowest BCUT2D eigenvalue weighted by molar-refractivity contribution is 0.256. The van der Waals surface area contributed by atoms with Gasteiger partial charge in [-0.3, -0.25) is 4.79 Å². The lowest BCUT2D eigenvalue weighted by atomic mass is 9.83. The van der Waals surface area contributed by atoms with E-state index in [4.69, 9.17) is 0 Å². The quantitative estimate of drug-likeness (QED) is 0.569. The Morgan fingerprint density at radius 1 is 1.25 bits per heavy atom. The minimum absolute atomic E-state index is 0.558. The summed E-state index contributed by atoms with van der Waals surface area (Å²) in [6.07, 6.45) is 9.86. The van der Waals surface area contributed by atoms with Crippen molar-refractivity contribution < 1.29 is 4.79 Å². The SMILES string of the molecule is O=[C]N(CCC1CCC1)C1CC1. The van der Waals surface area contributed by atoms with Crippen LogP contribution in [-0.2, 0) is 4.79 Å². The van der Waals surface area contributed by atoms with Crippen molar-refractivity contribution in [2.45, 2.75) is 44.6 Å². The lowest BCUT2D eigenvalue weighted by Gasteiger charge is -2.27. The molecule has 0 aromatic carbocycles. The fourth-order valence-electron chi connectivity index (χ4n) is 1.79. The van der Waals surface area contributed by atoms with Crippen molar-refractivity contribution in [3.63, 3.8) is 0 Å². The monoisotopic (exact) mass is 166 g/mol. The van der Waals surface area contributed by atoms with Gasteiger partial charge in [0.1, 0.15) is 0 Å². The van der Waals surface area contributed by atoms with Crippen LogP contribution in [0.1, 0.15) is 38.5 Å². The number of carbonyl (C=O) groups excluding carboxylic acids is 1. The molecule has 0 atom stereocenters. The Balaban J connectivity index is 1.65. The van der Waals surface area contributed by atoms with Gasteiger partial charge in [0.2, 0.25) is 0 Å². The van der Waals surface area contributed by atoms with Crippen molar-refractivity contribution in [3.8, 4) is 0 Å². The molecule has 0 aromatic rings. The van der Waals surface area contributed by atoms with E-state index in [1.807, 2.05) is 4.90 Å². The van der Waals surface area contributed by atoms with Crippen molar-refractivity contribution in [3.05, 3.63) is 0 Å². The van der Waals surface area contributed by atoms with E-state index in [2.05, 4.69) is 6.41 Å². The summed E-state index contributed by atoms with van der Waals surface area (Å²) in [4.78, 5) is 12.4. The van der Waals surface area contributed by atoms with Crippen LogP contribution in [0, 0.1) is 5.92 Å². The summed E-state index contributed by atoms with van der Waals surface area (Å²) in [5.74, 6) is 0.916. The highest BCUT2D eigenvalue weighted by Gasteiger charge is 2.29. The second-order valence-electron chi connectivity index (χ2n) is 4.10. The third kappa shape index (κ3) is 1.79. The first-order chi connectivity index (χ1) is 5.90. The summed E-state index contributed by atoms with van der Waals surface area (Å²) in [6, 6.07) is 0.558. The van der Waals surface area contributed by atoms with Gasteiger partial charge < -0.3 is 4.90 Å². The van der Waals surface area contributed by atoms with Crippen molar-refractivity contribution in [2.75, 3.05) is 6.54 Å². The molecule has 2 rings (SSSR count). The molecule has 0 heterocycles. The molecule has 0 spiro atoms. The summed E-state index contributed by atoms with van der Waals surface area (Å²) >= 11 is 0. The number of rotatable bonds is 5. The molecular formula is C10H16NO. The van der Waals surface area contributed by atoms with Crippen molar-refractivity contribution in [1.29, 1.82) is 0 Å². The van der Waals surface area contributed by atoms with Crippen molar-refractivity contribution >= 4 is 6.41 Å². The summed E-state index contributed by atoms with van der Waals surface area (Å²) in [6.45, 7) is 0.957. The fourth-order valence-corrected chi connectivity index (χ4v) is 1.79. The number of amides is 1. The molecule has 0 saturated heterocycles. The molecular weight excluding hydrogens is 150 g/mol. The molecule has 0 unspecified atom stereocenters. The van der Waals surface area contributed by atoms with Gasteiger partial charge in [0.15, 0.2) is 0 Å². The van der Waals surface area contributed by atoms with Gasteiger partial charge in [0.05, 0.1) is 0 Å². The topological polar surface area (TPSA) is 20.3 Å². The van der Waals surface area contributed by atoms with E-state index in [0.717, 1.165) is 12.5 Å². The second-order valence-corrected chi connectivity index (χ2v) is 4.10. The maximum absolute atomic E-state index is 10.5. The van der Waals surface area contributed by atoms with Crippen LogP contribution in [0.5, 0.6) is 0 Å². The Morgan fingerprint density at radius 3 is 2.42 bits per heavy atom. The van der Waals surface area contributed by atoms with Crippen molar-refractivity contribution in [2.24, 2.45) is 5.92 Å². The Kier molecular flexibility index (Phi) is 2.33. The molecule has 0 N–H and O–H groups in total. The van der Waals surface area contributed by atoms with Gasteiger partial charge in [0, 0.05) is 12.6 Å². The minimum atomic E-state index is 0.558. The summed E-state index contributed by atoms with van der Waals surface area (Å²) in [5, 5.41) is 0. The molecule has 2 aliphatic rings. The van der Waals surface area contributed by atoms with Gasteiger partial charge in [0.25, 0.3) is 0 Å². The molecule has 1 amide bonds. The minimum Gasteiger partial charge on any atom is -0.331 e. The third-order valence-corrected chi connectivity index (χ3v) is 3.11. The average Bonchev–Trinajstić information content (AvgIpc) is 2.77. The standard InChI is InChI=1S/C10H16NO/c12-8-11(10-4-5-10)7-6-9-2-1-3-9/h9-10H,1-7H2. The zero-order valence-electron chi connectivity index (χ0n) is 7.46. The van der Waals surface area contributed by atoms with E-state index < -0.39 is 0 Å². The molecule has 1 radical (unpaired) electrons. The largest absolute Gasteiger partial charge is 0.331 e. The molecule has 2 nitrogen and oxygen atoms in total. The summed E-state index contributed by atoms with van der Waals surface area (Å²) < 4.78 is 0. The van der Waals surface area contributed by atoms with Crippen LogP contribution in [0.2, 0.25) is 0 Å². The first-order valence-corrected chi connectivity index (χ1v) is 5.04. The van der Waals surface area contributed by atoms with E-state index in [1.54, 1.807) is 0 Å².